The van der Waals surface area contributed by atoms with E-state index in [-0.39, 0.29) is 12.6 Å². The molecule has 0 saturated heterocycles. The third-order valence-electron chi connectivity index (χ3n) is 3.81. The molecule has 4 N–H and O–H groups in total. The molecule has 0 bridgehead atoms. The van der Waals surface area contributed by atoms with Crippen molar-refractivity contribution in [2.24, 2.45) is 0 Å². The molecule has 0 aliphatic rings. The average molecular weight is 328 g/mol. The maximum absolute atomic E-state index is 12.1. The van der Waals surface area contributed by atoms with Gasteiger partial charge in [-0.3, -0.25) is 0 Å². The van der Waals surface area contributed by atoms with Crippen LogP contribution in [0.1, 0.15) is 31.5 Å². The smallest absolute Gasteiger partial charge is 0.315 e. The van der Waals surface area contributed by atoms with Crippen molar-refractivity contribution < 1.29 is 14.3 Å². The zero-order valence-corrected chi connectivity index (χ0v) is 13.5. The van der Waals surface area contributed by atoms with Crippen LogP contribution in [0.15, 0.2) is 47.1 Å². The molecule has 2 heterocycles. The van der Waals surface area contributed by atoms with Crippen LogP contribution >= 0.6 is 0 Å². The van der Waals surface area contributed by atoms with Crippen LogP contribution in [0.25, 0.3) is 11.0 Å². The van der Waals surface area contributed by atoms with Gasteiger partial charge in [0.1, 0.15) is 17.2 Å². The number of hydrogen-bond donors (Lipinski definition) is 4. The van der Waals surface area contributed by atoms with Crippen LogP contribution in [0, 0.1) is 0 Å². The van der Waals surface area contributed by atoms with Gasteiger partial charge in [-0.15, -0.1) is 0 Å². The average Bonchev–Trinajstić information content (AvgIpc) is 3.22. The Morgan fingerprint density at radius 2 is 2.17 bits per heavy atom. The van der Waals surface area contributed by atoms with Crippen LogP contribution in [-0.2, 0) is 5.60 Å². The summed E-state index contributed by atoms with van der Waals surface area (Å²) in [5, 5.41) is 15.7. The number of amides is 2. The summed E-state index contributed by atoms with van der Waals surface area (Å²) >= 11 is 0. The maximum Gasteiger partial charge on any atom is 0.315 e. The number of rotatable bonds is 5. The predicted octanol–water partition coefficient (Wildman–Crippen LogP) is 2.42. The number of aromatic nitrogens is 2. The molecule has 0 saturated carbocycles. The molecule has 0 aliphatic heterocycles. The van der Waals surface area contributed by atoms with Gasteiger partial charge in [0.2, 0.25) is 0 Å². The first kappa shape index (κ1) is 16.1. The van der Waals surface area contributed by atoms with Gasteiger partial charge >= 0.3 is 6.03 Å². The lowest BCUT2D eigenvalue weighted by Crippen LogP contribution is -2.44. The number of aliphatic hydroxyl groups is 1. The Balaban J connectivity index is 1.58. The number of nitrogens with zero attached hydrogens (tertiary/aromatic N) is 1. The van der Waals surface area contributed by atoms with Crippen LogP contribution in [0.2, 0.25) is 0 Å². The summed E-state index contributed by atoms with van der Waals surface area (Å²) in [6, 6.07) is 10.3. The molecule has 2 atom stereocenters. The first-order valence-corrected chi connectivity index (χ1v) is 7.71. The van der Waals surface area contributed by atoms with Gasteiger partial charge in [0, 0.05) is 0 Å². The molecule has 0 radical (unpaired) electrons. The van der Waals surface area contributed by atoms with E-state index in [9.17, 15) is 9.90 Å². The third-order valence-corrected chi connectivity index (χ3v) is 3.81. The number of fused-ring (bicyclic) bond motifs is 1. The highest BCUT2D eigenvalue weighted by Gasteiger charge is 2.27. The largest absolute Gasteiger partial charge is 0.466 e. The van der Waals surface area contributed by atoms with E-state index in [0.717, 1.165) is 11.0 Å². The van der Waals surface area contributed by atoms with Crippen molar-refractivity contribution in [3.63, 3.8) is 0 Å². The lowest BCUT2D eigenvalue weighted by molar-refractivity contribution is 0.0366. The Hall–Kier alpha value is -2.80. The van der Waals surface area contributed by atoms with Gasteiger partial charge in [0.25, 0.3) is 0 Å². The number of hydrogen-bond acceptors (Lipinski definition) is 4. The second kappa shape index (κ2) is 6.37. The third kappa shape index (κ3) is 3.41. The lowest BCUT2D eigenvalue weighted by Gasteiger charge is -2.22. The summed E-state index contributed by atoms with van der Waals surface area (Å²) in [5.74, 6) is 1.07. The van der Waals surface area contributed by atoms with Crippen molar-refractivity contribution in [2.45, 2.75) is 25.5 Å². The number of nitrogens with one attached hydrogen (secondary N) is 3. The summed E-state index contributed by atoms with van der Waals surface area (Å²) in [5.41, 5.74) is 0.494. The lowest BCUT2D eigenvalue weighted by atomic mass is 10.0. The molecule has 0 aliphatic carbocycles. The van der Waals surface area contributed by atoms with Crippen molar-refractivity contribution in [1.29, 1.82) is 0 Å². The fourth-order valence-corrected chi connectivity index (χ4v) is 2.42. The van der Waals surface area contributed by atoms with Crippen LogP contribution in [0.3, 0.4) is 0 Å². The fraction of sp³-hybridized carbons (Fsp3) is 0.294. The van der Waals surface area contributed by atoms with Crippen molar-refractivity contribution in [3.05, 3.63) is 54.2 Å². The van der Waals surface area contributed by atoms with Crippen LogP contribution in [0.5, 0.6) is 0 Å². The molecule has 0 fully saturated rings. The Bertz CT molecular complexity index is 790. The van der Waals surface area contributed by atoms with Crippen molar-refractivity contribution in [2.75, 3.05) is 6.54 Å². The highest BCUT2D eigenvalue weighted by Crippen LogP contribution is 2.20. The number of carbonyl (C=O) groups excluding carboxylic acids is 1. The standard InChI is InChI=1S/C17H20N4O3/c1-11(15-20-12-6-3-4-7-13(12)21-15)19-16(22)18-10-17(2,23)14-8-5-9-24-14/h3-9,11,23H,10H2,1-2H3,(H,20,21)(H2,18,19,22). The normalized spacial score (nSPS) is 15.0. The second-order valence-corrected chi connectivity index (χ2v) is 5.94. The number of para-hydroxylation sites is 2. The molecule has 2 amide bonds. The van der Waals surface area contributed by atoms with Gasteiger partial charge in [-0.25, -0.2) is 9.78 Å². The first-order valence-electron chi connectivity index (χ1n) is 7.71. The van der Waals surface area contributed by atoms with Gasteiger partial charge in [-0.2, -0.15) is 0 Å². The summed E-state index contributed by atoms with van der Waals surface area (Å²) < 4.78 is 5.18. The van der Waals surface area contributed by atoms with Crippen molar-refractivity contribution >= 4 is 17.1 Å². The SMILES string of the molecule is CC(NC(=O)NCC(C)(O)c1ccco1)c1nc2ccccc2[nH]1. The zero-order chi connectivity index (χ0) is 17.2. The molecule has 3 aromatic rings. The van der Waals surface area contributed by atoms with E-state index in [2.05, 4.69) is 20.6 Å². The van der Waals surface area contributed by atoms with Crippen LogP contribution in [0.4, 0.5) is 4.79 Å². The number of imidazole rings is 1. The number of urea groups is 1. The molecule has 0 spiro atoms. The Morgan fingerprint density at radius 3 is 2.88 bits per heavy atom. The number of carbonyl (C=O) groups is 1. The molecule has 7 nitrogen and oxygen atoms in total. The Kier molecular flexibility index (Phi) is 4.26. The van der Waals surface area contributed by atoms with E-state index in [1.807, 2.05) is 31.2 Å². The van der Waals surface area contributed by atoms with Gasteiger partial charge in [0.15, 0.2) is 0 Å². The highest BCUT2D eigenvalue weighted by molar-refractivity contribution is 5.76. The van der Waals surface area contributed by atoms with E-state index < -0.39 is 11.6 Å². The van der Waals surface area contributed by atoms with Gasteiger partial charge < -0.3 is 25.1 Å². The summed E-state index contributed by atoms with van der Waals surface area (Å²) in [6.45, 7) is 3.44. The fourth-order valence-electron chi connectivity index (χ4n) is 2.42. The molecule has 126 valence electrons. The number of benzene rings is 1. The zero-order valence-electron chi connectivity index (χ0n) is 13.5. The van der Waals surface area contributed by atoms with Crippen LogP contribution < -0.4 is 10.6 Å². The molecule has 24 heavy (non-hydrogen) atoms. The van der Waals surface area contributed by atoms with Crippen molar-refractivity contribution in [3.8, 4) is 0 Å². The van der Waals surface area contributed by atoms with E-state index in [0.29, 0.717) is 11.6 Å². The highest BCUT2D eigenvalue weighted by atomic mass is 16.4. The molecule has 2 unspecified atom stereocenters. The van der Waals surface area contributed by atoms with E-state index in [1.54, 1.807) is 19.1 Å². The van der Waals surface area contributed by atoms with E-state index in [4.69, 9.17) is 4.42 Å². The molecule has 7 heteroatoms. The number of aromatic amines is 1. The predicted molar refractivity (Wildman–Crippen MR) is 89.3 cm³/mol. The number of H-pyrrole nitrogens is 1. The minimum absolute atomic E-state index is 0.0270. The summed E-state index contributed by atoms with van der Waals surface area (Å²) in [7, 11) is 0. The van der Waals surface area contributed by atoms with E-state index in [1.165, 1.54) is 6.26 Å². The molecular weight excluding hydrogens is 308 g/mol. The number of furan rings is 1. The maximum atomic E-state index is 12.1. The van der Waals surface area contributed by atoms with Gasteiger partial charge in [-0.1, -0.05) is 12.1 Å². The second-order valence-electron chi connectivity index (χ2n) is 5.94. The Morgan fingerprint density at radius 1 is 1.38 bits per heavy atom. The molecule has 3 rings (SSSR count). The van der Waals surface area contributed by atoms with Gasteiger partial charge in [-0.05, 0) is 38.1 Å². The summed E-state index contributed by atoms with van der Waals surface area (Å²) in [6.07, 6.45) is 1.48. The molecule has 2 aromatic heterocycles. The monoisotopic (exact) mass is 328 g/mol. The van der Waals surface area contributed by atoms with Crippen LogP contribution in [-0.4, -0.2) is 27.7 Å². The van der Waals surface area contributed by atoms with E-state index >= 15 is 0 Å². The summed E-state index contributed by atoms with van der Waals surface area (Å²) in [4.78, 5) is 19.7. The first-order chi connectivity index (χ1) is 11.5. The molecule has 1 aromatic carbocycles. The minimum atomic E-state index is -1.27. The van der Waals surface area contributed by atoms with Crippen molar-refractivity contribution in [1.82, 2.24) is 20.6 Å². The topological polar surface area (TPSA) is 103 Å². The quantitative estimate of drug-likeness (QED) is 0.577. The minimum Gasteiger partial charge on any atom is -0.466 e. The molecular formula is C17H20N4O3. The Labute approximate surface area is 139 Å². The van der Waals surface area contributed by atoms with Gasteiger partial charge in [0.05, 0.1) is 29.9 Å².